The zero-order valence-electron chi connectivity index (χ0n) is 17.2. The molecule has 2 heterocycles. The van der Waals surface area contributed by atoms with E-state index in [0.29, 0.717) is 22.9 Å². The van der Waals surface area contributed by atoms with Gasteiger partial charge in [0, 0.05) is 35.4 Å². The highest BCUT2D eigenvalue weighted by molar-refractivity contribution is 6.04. The Hall–Kier alpha value is -3.22. The van der Waals surface area contributed by atoms with E-state index in [4.69, 9.17) is 4.74 Å². The quantitative estimate of drug-likeness (QED) is 0.453. The summed E-state index contributed by atoms with van der Waals surface area (Å²) in [6, 6.07) is 8.58. The first-order valence-corrected chi connectivity index (χ1v) is 9.75. The van der Waals surface area contributed by atoms with Gasteiger partial charge in [-0.25, -0.2) is 9.48 Å². The molecule has 0 aliphatic carbocycles. The standard InChI is InChI=1S/C22H25N3O4/c1-5-11-24-14(3)12-18(15(24)4)19(26)13-29-22(28)20-16-9-7-8-10-17(16)21(27)25(6-2)23-20/h7-10,12H,5-6,11,13H2,1-4H3. The van der Waals surface area contributed by atoms with Crippen LogP contribution in [0.15, 0.2) is 35.1 Å². The van der Waals surface area contributed by atoms with Crippen molar-refractivity contribution in [1.29, 1.82) is 0 Å². The van der Waals surface area contributed by atoms with Gasteiger partial charge in [-0.1, -0.05) is 25.1 Å². The van der Waals surface area contributed by atoms with Gasteiger partial charge in [-0.05, 0) is 39.3 Å². The Bertz CT molecular complexity index is 1140. The second-order valence-corrected chi connectivity index (χ2v) is 6.95. The highest BCUT2D eigenvalue weighted by Gasteiger charge is 2.21. The maximum absolute atomic E-state index is 12.7. The lowest BCUT2D eigenvalue weighted by Gasteiger charge is -2.10. The fourth-order valence-electron chi connectivity index (χ4n) is 3.53. The number of hydrogen-bond acceptors (Lipinski definition) is 5. The summed E-state index contributed by atoms with van der Waals surface area (Å²) >= 11 is 0. The minimum atomic E-state index is -0.723. The van der Waals surface area contributed by atoms with Crippen molar-refractivity contribution in [2.45, 2.75) is 47.2 Å². The molecule has 0 spiro atoms. The van der Waals surface area contributed by atoms with E-state index in [0.717, 1.165) is 24.4 Å². The number of rotatable bonds is 7. The number of esters is 1. The normalized spacial score (nSPS) is 11.0. The van der Waals surface area contributed by atoms with Crippen LogP contribution in [0.3, 0.4) is 0 Å². The van der Waals surface area contributed by atoms with Crippen molar-refractivity contribution in [2.24, 2.45) is 0 Å². The number of fused-ring (bicyclic) bond motifs is 1. The molecule has 0 radical (unpaired) electrons. The van der Waals surface area contributed by atoms with Gasteiger partial charge in [0.1, 0.15) is 0 Å². The van der Waals surface area contributed by atoms with E-state index >= 15 is 0 Å². The first-order chi connectivity index (χ1) is 13.9. The van der Waals surface area contributed by atoms with Crippen molar-refractivity contribution in [3.05, 3.63) is 63.3 Å². The van der Waals surface area contributed by atoms with Crippen molar-refractivity contribution < 1.29 is 14.3 Å². The van der Waals surface area contributed by atoms with Crippen LogP contribution in [0.25, 0.3) is 10.8 Å². The number of benzene rings is 1. The van der Waals surface area contributed by atoms with Gasteiger partial charge in [-0.3, -0.25) is 9.59 Å². The Kier molecular flexibility index (Phi) is 5.96. The van der Waals surface area contributed by atoms with Crippen molar-refractivity contribution in [3.8, 4) is 0 Å². The van der Waals surface area contributed by atoms with E-state index < -0.39 is 5.97 Å². The van der Waals surface area contributed by atoms with Crippen molar-refractivity contribution in [2.75, 3.05) is 6.61 Å². The Morgan fingerprint density at radius 1 is 1.10 bits per heavy atom. The minimum absolute atomic E-state index is 0.0336. The molecule has 0 fully saturated rings. The average Bonchev–Trinajstić information content (AvgIpc) is 3.01. The molecule has 0 bridgehead atoms. The van der Waals surface area contributed by atoms with Crippen LogP contribution in [0.4, 0.5) is 0 Å². The fourth-order valence-corrected chi connectivity index (χ4v) is 3.53. The Morgan fingerprint density at radius 2 is 1.79 bits per heavy atom. The third-order valence-electron chi connectivity index (χ3n) is 5.02. The maximum Gasteiger partial charge on any atom is 0.359 e. The van der Waals surface area contributed by atoms with Gasteiger partial charge in [0.25, 0.3) is 5.56 Å². The number of carbonyl (C=O) groups is 2. The molecule has 1 aromatic carbocycles. The second kappa shape index (κ2) is 8.43. The Morgan fingerprint density at radius 3 is 2.45 bits per heavy atom. The van der Waals surface area contributed by atoms with Gasteiger partial charge in [-0.15, -0.1) is 0 Å². The summed E-state index contributed by atoms with van der Waals surface area (Å²) in [4.78, 5) is 37.7. The van der Waals surface area contributed by atoms with Crippen LogP contribution in [-0.2, 0) is 17.8 Å². The number of Topliss-reactive ketones (excluding diaryl/α,β-unsaturated/α-hetero) is 1. The molecule has 0 atom stereocenters. The molecule has 3 rings (SSSR count). The van der Waals surface area contributed by atoms with Gasteiger partial charge in [0.2, 0.25) is 5.78 Å². The second-order valence-electron chi connectivity index (χ2n) is 6.95. The largest absolute Gasteiger partial charge is 0.452 e. The first-order valence-electron chi connectivity index (χ1n) is 9.75. The summed E-state index contributed by atoms with van der Waals surface area (Å²) in [7, 11) is 0. The van der Waals surface area contributed by atoms with Crippen LogP contribution in [0, 0.1) is 13.8 Å². The molecule has 0 N–H and O–H groups in total. The van der Waals surface area contributed by atoms with Crippen molar-refractivity contribution >= 4 is 22.5 Å². The summed E-state index contributed by atoms with van der Waals surface area (Å²) in [6.45, 7) is 8.48. The Labute approximate surface area is 168 Å². The van der Waals surface area contributed by atoms with E-state index in [1.54, 1.807) is 31.2 Å². The van der Waals surface area contributed by atoms with E-state index in [9.17, 15) is 14.4 Å². The van der Waals surface area contributed by atoms with E-state index in [2.05, 4.69) is 16.6 Å². The van der Waals surface area contributed by atoms with E-state index in [1.165, 1.54) is 4.68 Å². The number of nitrogens with zero attached hydrogens (tertiary/aromatic N) is 3. The third-order valence-corrected chi connectivity index (χ3v) is 5.02. The van der Waals surface area contributed by atoms with Crippen LogP contribution in [0.1, 0.15) is 52.5 Å². The zero-order valence-corrected chi connectivity index (χ0v) is 17.2. The van der Waals surface area contributed by atoms with Gasteiger partial charge >= 0.3 is 5.97 Å². The lowest BCUT2D eigenvalue weighted by Crippen LogP contribution is -2.26. The first kappa shape index (κ1) is 20.5. The minimum Gasteiger partial charge on any atom is -0.452 e. The van der Waals surface area contributed by atoms with Gasteiger partial charge in [0.05, 0.1) is 5.39 Å². The van der Waals surface area contributed by atoms with Crippen LogP contribution in [0.2, 0.25) is 0 Å². The number of ether oxygens (including phenoxy) is 1. The van der Waals surface area contributed by atoms with Crippen LogP contribution >= 0.6 is 0 Å². The van der Waals surface area contributed by atoms with Crippen molar-refractivity contribution in [3.63, 3.8) is 0 Å². The molecule has 152 valence electrons. The molecule has 7 heteroatoms. The van der Waals surface area contributed by atoms with Crippen LogP contribution in [0.5, 0.6) is 0 Å². The molecule has 7 nitrogen and oxygen atoms in total. The Balaban J connectivity index is 1.85. The van der Waals surface area contributed by atoms with Gasteiger partial charge in [-0.2, -0.15) is 5.10 Å². The van der Waals surface area contributed by atoms with Gasteiger partial charge in [0.15, 0.2) is 12.3 Å². The van der Waals surface area contributed by atoms with E-state index in [1.807, 2.05) is 19.9 Å². The molecule has 0 saturated heterocycles. The number of aryl methyl sites for hydroxylation is 2. The molecule has 0 unspecified atom stereocenters. The monoisotopic (exact) mass is 395 g/mol. The smallest absolute Gasteiger partial charge is 0.359 e. The number of ketones is 1. The lowest BCUT2D eigenvalue weighted by molar-refractivity contribution is 0.0468. The van der Waals surface area contributed by atoms with E-state index in [-0.39, 0.29) is 23.6 Å². The molecule has 0 aliphatic heterocycles. The summed E-state index contributed by atoms with van der Waals surface area (Å²) in [5.41, 5.74) is 2.20. The summed E-state index contributed by atoms with van der Waals surface area (Å²) in [6.07, 6.45) is 0.963. The molecule has 0 amide bonds. The molecule has 2 aromatic heterocycles. The average molecular weight is 395 g/mol. The zero-order chi connectivity index (χ0) is 21.1. The highest BCUT2D eigenvalue weighted by Crippen LogP contribution is 2.18. The maximum atomic E-state index is 12.7. The SMILES string of the molecule is CCCn1c(C)cc(C(=O)COC(=O)c2nn(CC)c(=O)c3ccccc23)c1C. The molecule has 0 aliphatic rings. The lowest BCUT2D eigenvalue weighted by atomic mass is 10.1. The molecular formula is C22H25N3O4. The van der Waals surface area contributed by atoms with Crippen LogP contribution in [-0.4, -0.2) is 32.7 Å². The molecule has 29 heavy (non-hydrogen) atoms. The molecular weight excluding hydrogens is 370 g/mol. The summed E-state index contributed by atoms with van der Waals surface area (Å²) in [5, 5.41) is 4.96. The third kappa shape index (κ3) is 3.85. The predicted molar refractivity (Wildman–Crippen MR) is 110 cm³/mol. The summed E-state index contributed by atoms with van der Waals surface area (Å²) < 4.78 is 8.59. The predicted octanol–water partition coefficient (Wildman–Crippen LogP) is 3.28. The van der Waals surface area contributed by atoms with Gasteiger partial charge < -0.3 is 9.30 Å². The number of hydrogen-bond donors (Lipinski definition) is 0. The molecule has 0 saturated carbocycles. The summed E-state index contributed by atoms with van der Waals surface area (Å²) in [5.74, 6) is -0.985. The van der Waals surface area contributed by atoms with Crippen LogP contribution < -0.4 is 5.56 Å². The fraction of sp³-hybridized carbons (Fsp3) is 0.364. The number of carbonyl (C=O) groups excluding carboxylic acids is 2. The topological polar surface area (TPSA) is 83.2 Å². The highest BCUT2D eigenvalue weighted by atomic mass is 16.5. The molecule has 3 aromatic rings. The number of aromatic nitrogens is 3. The van der Waals surface area contributed by atoms with Crippen molar-refractivity contribution in [1.82, 2.24) is 14.3 Å².